The summed E-state index contributed by atoms with van der Waals surface area (Å²) in [4.78, 5) is 13.2. The van der Waals surface area contributed by atoms with E-state index < -0.39 is 0 Å². The number of aryl methyl sites for hydroxylation is 2. The summed E-state index contributed by atoms with van der Waals surface area (Å²) in [6.07, 6.45) is 1.92. The second kappa shape index (κ2) is 9.24. The molecule has 3 rings (SSSR count). The van der Waals surface area contributed by atoms with Crippen LogP contribution in [-0.4, -0.2) is 13.0 Å². The first kappa shape index (κ1) is 20.4. The highest BCUT2D eigenvalue weighted by molar-refractivity contribution is 6.24. The van der Waals surface area contributed by atoms with Crippen LogP contribution in [0, 0.1) is 13.8 Å². The molecule has 148 valence electrons. The number of hydrogen-bond acceptors (Lipinski definition) is 2. The lowest BCUT2D eigenvalue weighted by atomic mass is 9.98. The fourth-order valence-corrected chi connectivity index (χ4v) is 3.43. The van der Waals surface area contributed by atoms with Crippen LogP contribution in [0.2, 0.25) is 0 Å². The molecule has 0 radical (unpaired) electrons. The lowest BCUT2D eigenvalue weighted by Gasteiger charge is -2.18. The molecule has 0 saturated carbocycles. The minimum atomic E-state index is -0.0977. The zero-order valence-corrected chi connectivity index (χ0v) is 17.4. The molecular formula is C26H27NO2. The lowest BCUT2D eigenvalue weighted by molar-refractivity contribution is -0.116. The van der Waals surface area contributed by atoms with E-state index in [1.165, 1.54) is 11.1 Å². The SMILES string of the molecule is COc1ccc(/C=C(/C(=O)N[C@@H](C)c2ccc(C)cc2C)c2ccccc2)cc1. The maximum atomic E-state index is 13.2. The summed E-state index contributed by atoms with van der Waals surface area (Å²) in [5.74, 6) is 0.691. The Balaban J connectivity index is 1.91. The Hall–Kier alpha value is -3.33. The van der Waals surface area contributed by atoms with E-state index in [4.69, 9.17) is 4.74 Å². The summed E-state index contributed by atoms with van der Waals surface area (Å²) < 4.78 is 5.23. The zero-order valence-electron chi connectivity index (χ0n) is 17.4. The fraction of sp³-hybridized carbons (Fsp3) is 0.192. The minimum Gasteiger partial charge on any atom is -0.497 e. The number of amides is 1. The highest BCUT2D eigenvalue weighted by atomic mass is 16.5. The molecule has 0 fully saturated rings. The quantitative estimate of drug-likeness (QED) is 0.435. The van der Waals surface area contributed by atoms with E-state index in [-0.39, 0.29) is 11.9 Å². The molecule has 29 heavy (non-hydrogen) atoms. The van der Waals surface area contributed by atoms with Crippen LogP contribution in [0.4, 0.5) is 0 Å². The molecule has 1 N–H and O–H groups in total. The predicted molar refractivity (Wildman–Crippen MR) is 120 cm³/mol. The first-order chi connectivity index (χ1) is 14.0. The van der Waals surface area contributed by atoms with Gasteiger partial charge in [0.2, 0.25) is 0 Å². The van der Waals surface area contributed by atoms with Crippen LogP contribution < -0.4 is 10.1 Å². The molecule has 1 atom stereocenters. The van der Waals surface area contributed by atoms with Gasteiger partial charge in [-0.2, -0.15) is 0 Å². The van der Waals surface area contributed by atoms with Crippen molar-refractivity contribution in [1.82, 2.24) is 5.32 Å². The first-order valence-electron chi connectivity index (χ1n) is 9.77. The van der Waals surface area contributed by atoms with E-state index in [2.05, 4.69) is 37.4 Å². The standard InChI is InChI=1S/C26H27NO2/c1-18-10-15-24(19(2)16-18)20(3)27-26(28)25(22-8-6-5-7-9-22)17-21-11-13-23(29-4)14-12-21/h5-17,20H,1-4H3,(H,27,28)/b25-17+/t20-/m0/s1. The number of methoxy groups -OCH3 is 1. The van der Waals surface area contributed by atoms with Crippen molar-refractivity contribution >= 4 is 17.6 Å². The number of carbonyl (C=O) groups is 1. The Bertz CT molecular complexity index is 1000. The number of nitrogens with one attached hydrogen (secondary N) is 1. The Morgan fingerprint density at radius 2 is 1.66 bits per heavy atom. The zero-order chi connectivity index (χ0) is 20.8. The molecule has 3 aromatic carbocycles. The van der Waals surface area contributed by atoms with Crippen LogP contribution in [-0.2, 0) is 4.79 Å². The number of benzene rings is 3. The largest absolute Gasteiger partial charge is 0.497 e. The number of carbonyl (C=O) groups excluding carboxylic acids is 1. The molecule has 3 heteroatoms. The molecule has 0 aliphatic rings. The van der Waals surface area contributed by atoms with Gasteiger partial charge in [0.15, 0.2) is 0 Å². The molecule has 0 spiro atoms. The number of hydrogen-bond donors (Lipinski definition) is 1. The average Bonchev–Trinajstić information content (AvgIpc) is 2.72. The molecule has 0 saturated heterocycles. The van der Waals surface area contributed by atoms with Crippen molar-refractivity contribution in [1.29, 1.82) is 0 Å². The summed E-state index contributed by atoms with van der Waals surface area (Å²) in [5, 5.41) is 3.17. The Morgan fingerprint density at radius 1 is 0.966 bits per heavy atom. The van der Waals surface area contributed by atoms with Crippen LogP contribution in [0.15, 0.2) is 72.8 Å². The van der Waals surface area contributed by atoms with Crippen LogP contribution >= 0.6 is 0 Å². The molecule has 0 aliphatic carbocycles. The molecule has 1 amide bonds. The third kappa shape index (κ3) is 5.14. The number of rotatable bonds is 6. The predicted octanol–water partition coefficient (Wildman–Crippen LogP) is 5.73. The van der Waals surface area contributed by atoms with Gasteiger partial charge in [0.25, 0.3) is 5.91 Å². The normalized spacial score (nSPS) is 12.3. The van der Waals surface area contributed by atoms with E-state index in [0.29, 0.717) is 5.57 Å². The molecule has 3 aromatic rings. The maximum Gasteiger partial charge on any atom is 0.252 e. The van der Waals surface area contributed by atoms with E-state index in [9.17, 15) is 4.79 Å². The molecular weight excluding hydrogens is 358 g/mol. The smallest absolute Gasteiger partial charge is 0.252 e. The molecule has 0 unspecified atom stereocenters. The average molecular weight is 386 g/mol. The summed E-state index contributed by atoms with van der Waals surface area (Å²) >= 11 is 0. The second-order valence-corrected chi connectivity index (χ2v) is 7.25. The van der Waals surface area contributed by atoms with Crippen LogP contribution in [0.1, 0.15) is 40.8 Å². The van der Waals surface area contributed by atoms with Crippen molar-refractivity contribution in [2.75, 3.05) is 7.11 Å². The van der Waals surface area contributed by atoms with Crippen molar-refractivity contribution in [2.45, 2.75) is 26.8 Å². The Kier molecular flexibility index (Phi) is 6.50. The van der Waals surface area contributed by atoms with Crippen molar-refractivity contribution in [3.05, 3.63) is 101 Å². The van der Waals surface area contributed by atoms with Crippen molar-refractivity contribution in [3.63, 3.8) is 0 Å². The highest BCUT2D eigenvalue weighted by Gasteiger charge is 2.17. The molecule has 3 nitrogen and oxygen atoms in total. The van der Waals surface area contributed by atoms with Gasteiger partial charge >= 0.3 is 0 Å². The van der Waals surface area contributed by atoms with E-state index in [0.717, 1.165) is 22.4 Å². The highest BCUT2D eigenvalue weighted by Crippen LogP contribution is 2.23. The minimum absolute atomic E-state index is 0.0916. The van der Waals surface area contributed by atoms with E-state index in [1.54, 1.807) is 7.11 Å². The fourth-order valence-electron chi connectivity index (χ4n) is 3.43. The molecule has 0 heterocycles. The summed E-state index contributed by atoms with van der Waals surface area (Å²) in [5.41, 5.74) is 5.98. The number of ether oxygens (including phenoxy) is 1. The summed E-state index contributed by atoms with van der Waals surface area (Å²) in [6.45, 7) is 6.17. The van der Waals surface area contributed by atoms with Crippen molar-refractivity contribution < 1.29 is 9.53 Å². The van der Waals surface area contributed by atoms with Crippen LogP contribution in [0.25, 0.3) is 11.6 Å². The maximum absolute atomic E-state index is 13.2. The van der Waals surface area contributed by atoms with Crippen LogP contribution in [0.5, 0.6) is 5.75 Å². The molecule has 0 aromatic heterocycles. The molecule has 0 bridgehead atoms. The monoisotopic (exact) mass is 385 g/mol. The topological polar surface area (TPSA) is 38.3 Å². The van der Waals surface area contributed by atoms with Gasteiger partial charge in [-0.1, -0.05) is 66.2 Å². The Morgan fingerprint density at radius 3 is 2.28 bits per heavy atom. The van der Waals surface area contributed by atoms with Gasteiger partial charge in [0.05, 0.1) is 13.2 Å². The summed E-state index contributed by atoms with van der Waals surface area (Å²) in [6, 6.07) is 23.6. The first-order valence-corrected chi connectivity index (χ1v) is 9.77. The van der Waals surface area contributed by atoms with Gasteiger partial charge < -0.3 is 10.1 Å². The van der Waals surface area contributed by atoms with Crippen molar-refractivity contribution in [2.24, 2.45) is 0 Å². The third-order valence-electron chi connectivity index (χ3n) is 5.00. The third-order valence-corrected chi connectivity index (χ3v) is 5.00. The molecule has 0 aliphatic heterocycles. The van der Waals surface area contributed by atoms with Crippen molar-refractivity contribution in [3.8, 4) is 5.75 Å². The van der Waals surface area contributed by atoms with Gasteiger partial charge in [-0.15, -0.1) is 0 Å². The Labute approximate surface area is 173 Å². The van der Waals surface area contributed by atoms with E-state index in [1.807, 2.05) is 67.6 Å². The van der Waals surface area contributed by atoms with Gasteiger partial charge in [-0.25, -0.2) is 0 Å². The van der Waals surface area contributed by atoms with Gasteiger partial charge in [0.1, 0.15) is 5.75 Å². The van der Waals surface area contributed by atoms with Gasteiger partial charge in [-0.05, 0) is 61.2 Å². The van der Waals surface area contributed by atoms with Gasteiger partial charge in [0, 0.05) is 5.57 Å². The van der Waals surface area contributed by atoms with Crippen LogP contribution in [0.3, 0.4) is 0 Å². The van der Waals surface area contributed by atoms with Gasteiger partial charge in [-0.3, -0.25) is 4.79 Å². The second-order valence-electron chi connectivity index (χ2n) is 7.25. The lowest BCUT2D eigenvalue weighted by Crippen LogP contribution is -2.28. The van der Waals surface area contributed by atoms with E-state index >= 15 is 0 Å². The summed E-state index contributed by atoms with van der Waals surface area (Å²) in [7, 11) is 1.64.